The van der Waals surface area contributed by atoms with Crippen LogP contribution in [0.3, 0.4) is 0 Å². The Morgan fingerprint density at radius 2 is 2.12 bits per heavy atom. The normalized spacial score (nSPS) is 12.6. The van der Waals surface area contributed by atoms with Crippen LogP contribution < -0.4 is 16.6 Å². The van der Waals surface area contributed by atoms with Crippen molar-refractivity contribution < 1.29 is 0 Å². The van der Waals surface area contributed by atoms with Gasteiger partial charge in [-0.1, -0.05) is 32.4 Å². The number of hydrazine groups is 1. The van der Waals surface area contributed by atoms with Crippen molar-refractivity contribution in [1.82, 2.24) is 9.97 Å². The predicted molar refractivity (Wildman–Crippen MR) is 67.3 cm³/mol. The van der Waals surface area contributed by atoms with Gasteiger partial charge in [-0.3, -0.25) is 5.43 Å². The van der Waals surface area contributed by atoms with Crippen molar-refractivity contribution >= 4 is 23.4 Å². The first-order chi connectivity index (χ1) is 7.54. The lowest BCUT2D eigenvalue weighted by Gasteiger charge is -2.17. The molecule has 0 saturated carbocycles. The molecule has 0 aliphatic carbocycles. The van der Waals surface area contributed by atoms with Crippen LogP contribution in [-0.4, -0.2) is 16.5 Å². The van der Waals surface area contributed by atoms with Gasteiger partial charge in [0.15, 0.2) is 5.82 Å². The summed E-state index contributed by atoms with van der Waals surface area (Å²) in [5.74, 6) is 7.34. The molecule has 16 heavy (non-hydrogen) atoms. The topological polar surface area (TPSA) is 75.9 Å². The lowest BCUT2D eigenvalue weighted by Crippen LogP contribution is -2.18. The van der Waals surface area contributed by atoms with Gasteiger partial charge in [0.25, 0.3) is 0 Å². The molecule has 0 aliphatic heterocycles. The van der Waals surface area contributed by atoms with Crippen LogP contribution in [0.2, 0.25) is 5.02 Å². The van der Waals surface area contributed by atoms with E-state index >= 15 is 0 Å². The number of hydrogen-bond acceptors (Lipinski definition) is 5. The van der Waals surface area contributed by atoms with Gasteiger partial charge in [0.1, 0.15) is 5.02 Å². The van der Waals surface area contributed by atoms with Crippen LogP contribution in [0.1, 0.15) is 20.8 Å². The fourth-order valence-corrected chi connectivity index (χ4v) is 1.21. The SMILES string of the molecule is CC(C)C(C)CNc1nc(NN)ncc1Cl. The maximum Gasteiger partial charge on any atom is 0.239 e. The number of rotatable bonds is 5. The minimum atomic E-state index is 0.351. The van der Waals surface area contributed by atoms with Crippen LogP contribution in [0.25, 0.3) is 0 Å². The summed E-state index contributed by atoms with van der Waals surface area (Å²) in [5, 5.41) is 3.69. The Bertz CT molecular complexity index is 342. The summed E-state index contributed by atoms with van der Waals surface area (Å²) in [6.07, 6.45) is 1.52. The van der Waals surface area contributed by atoms with Gasteiger partial charge >= 0.3 is 0 Å². The minimum absolute atomic E-state index is 0.351. The molecular formula is C10H18ClN5. The van der Waals surface area contributed by atoms with Crippen molar-refractivity contribution in [2.75, 3.05) is 17.3 Å². The first-order valence-electron chi connectivity index (χ1n) is 5.27. The van der Waals surface area contributed by atoms with Crippen LogP contribution in [-0.2, 0) is 0 Å². The van der Waals surface area contributed by atoms with E-state index in [4.69, 9.17) is 17.4 Å². The summed E-state index contributed by atoms with van der Waals surface area (Å²) in [7, 11) is 0. The minimum Gasteiger partial charge on any atom is -0.368 e. The Balaban J connectivity index is 2.65. The van der Waals surface area contributed by atoms with Crippen LogP contribution in [0.4, 0.5) is 11.8 Å². The molecule has 0 saturated heterocycles. The van der Waals surface area contributed by atoms with Crippen molar-refractivity contribution in [3.05, 3.63) is 11.2 Å². The molecule has 5 nitrogen and oxygen atoms in total. The first kappa shape index (κ1) is 13.0. The van der Waals surface area contributed by atoms with E-state index in [0.717, 1.165) is 6.54 Å². The van der Waals surface area contributed by atoms with Gasteiger partial charge in [0, 0.05) is 6.54 Å². The van der Waals surface area contributed by atoms with Crippen molar-refractivity contribution in [3.8, 4) is 0 Å². The average molecular weight is 244 g/mol. The number of nitrogen functional groups attached to an aromatic ring is 1. The Morgan fingerprint density at radius 3 is 2.69 bits per heavy atom. The average Bonchev–Trinajstić information content (AvgIpc) is 2.27. The lowest BCUT2D eigenvalue weighted by atomic mass is 9.98. The van der Waals surface area contributed by atoms with E-state index < -0.39 is 0 Å². The maximum atomic E-state index is 5.96. The molecule has 0 fully saturated rings. The molecule has 1 aromatic rings. The van der Waals surface area contributed by atoms with Gasteiger partial charge in [-0.25, -0.2) is 10.8 Å². The quantitative estimate of drug-likeness (QED) is 0.546. The van der Waals surface area contributed by atoms with E-state index in [1.54, 1.807) is 0 Å². The molecule has 0 spiro atoms. The van der Waals surface area contributed by atoms with Gasteiger partial charge in [0.2, 0.25) is 5.95 Å². The molecule has 90 valence electrons. The van der Waals surface area contributed by atoms with Crippen LogP contribution in [0.15, 0.2) is 6.20 Å². The molecule has 1 rings (SSSR count). The van der Waals surface area contributed by atoms with Gasteiger partial charge in [-0.05, 0) is 11.8 Å². The highest BCUT2D eigenvalue weighted by molar-refractivity contribution is 6.32. The summed E-state index contributed by atoms with van der Waals surface area (Å²) < 4.78 is 0. The summed E-state index contributed by atoms with van der Waals surface area (Å²) in [4.78, 5) is 8.03. The molecule has 0 aromatic carbocycles. The standard InChI is InChI=1S/C10H18ClN5/c1-6(2)7(3)4-13-9-8(11)5-14-10(15-9)16-12/h5-7H,4,12H2,1-3H3,(H2,13,14,15,16). The summed E-state index contributed by atoms with van der Waals surface area (Å²) in [5.41, 5.74) is 2.38. The fourth-order valence-electron chi connectivity index (χ4n) is 1.05. The summed E-state index contributed by atoms with van der Waals surface area (Å²) in [6, 6.07) is 0. The number of nitrogens with zero attached hydrogens (tertiary/aromatic N) is 2. The highest BCUT2D eigenvalue weighted by Gasteiger charge is 2.09. The number of halogens is 1. The zero-order valence-corrected chi connectivity index (χ0v) is 10.5. The third-order valence-electron chi connectivity index (χ3n) is 2.60. The molecule has 1 unspecified atom stereocenters. The molecule has 1 atom stereocenters. The van der Waals surface area contributed by atoms with Gasteiger partial charge in [0.05, 0.1) is 6.20 Å². The lowest BCUT2D eigenvalue weighted by molar-refractivity contribution is 0.439. The number of aromatic nitrogens is 2. The second-order valence-electron chi connectivity index (χ2n) is 4.14. The number of nitrogens with two attached hydrogens (primary N) is 1. The summed E-state index contributed by atoms with van der Waals surface area (Å²) >= 11 is 5.96. The zero-order valence-electron chi connectivity index (χ0n) is 9.79. The van der Waals surface area contributed by atoms with E-state index in [9.17, 15) is 0 Å². The van der Waals surface area contributed by atoms with Gasteiger partial charge < -0.3 is 5.32 Å². The summed E-state index contributed by atoms with van der Waals surface area (Å²) in [6.45, 7) is 7.36. The second kappa shape index (κ2) is 5.86. The van der Waals surface area contributed by atoms with Crippen molar-refractivity contribution in [2.45, 2.75) is 20.8 Å². The Morgan fingerprint density at radius 1 is 1.44 bits per heavy atom. The zero-order chi connectivity index (χ0) is 12.1. The molecule has 6 heteroatoms. The second-order valence-corrected chi connectivity index (χ2v) is 4.54. The van der Waals surface area contributed by atoms with E-state index in [0.29, 0.717) is 28.6 Å². The van der Waals surface area contributed by atoms with E-state index in [1.165, 1.54) is 6.20 Å². The maximum absolute atomic E-state index is 5.96. The van der Waals surface area contributed by atoms with Crippen molar-refractivity contribution in [2.24, 2.45) is 17.7 Å². The molecular weight excluding hydrogens is 226 g/mol. The number of anilines is 2. The third-order valence-corrected chi connectivity index (χ3v) is 2.88. The predicted octanol–water partition coefficient (Wildman–Crippen LogP) is 2.12. The molecule has 1 aromatic heterocycles. The Hall–Kier alpha value is -1.07. The largest absolute Gasteiger partial charge is 0.368 e. The molecule has 0 aliphatic rings. The highest BCUT2D eigenvalue weighted by atomic mass is 35.5. The van der Waals surface area contributed by atoms with Gasteiger partial charge in [-0.2, -0.15) is 4.98 Å². The molecule has 4 N–H and O–H groups in total. The van der Waals surface area contributed by atoms with E-state index in [-0.39, 0.29) is 0 Å². The molecule has 0 amide bonds. The molecule has 0 radical (unpaired) electrons. The van der Waals surface area contributed by atoms with E-state index in [2.05, 4.69) is 41.5 Å². The van der Waals surface area contributed by atoms with Crippen LogP contribution in [0, 0.1) is 11.8 Å². The van der Waals surface area contributed by atoms with Crippen molar-refractivity contribution in [3.63, 3.8) is 0 Å². The van der Waals surface area contributed by atoms with Crippen LogP contribution in [0.5, 0.6) is 0 Å². The van der Waals surface area contributed by atoms with Crippen molar-refractivity contribution in [1.29, 1.82) is 0 Å². The Labute approximate surface area is 101 Å². The number of hydrogen-bond donors (Lipinski definition) is 3. The molecule has 0 bridgehead atoms. The van der Waals surface area contributed by atoms with Gasteiger partial charge in [-0.15, -0.1) is 0 Å². The number of nitrogens with one attached hydrogen (secondary N) is 2. The highest BCUT2D eigenvalue weighted by Crippen LogP contribution is 2.20. The first-order valence-corrected chi connectivity index (χ1v) is 5.65. The smallest absolute Gasteiger partial charge is 0.239 e. The fraction of sp³-hybridized carbons (Fsp3) is 0.600. The monoisotopic (exact) mass is 243 g/mol. The van der Waals surface area contributed by atoms with Crippen LogP contribution >= 0.6 is 11.6 Å². The third kappa shape index (κ3) is 3.50. The van der Waals surface area contributed by atoms with E-state index in [1.807, 2.05) is 0 Å². The Kier molecular flexibility index (Phi) is 4.76. The molecule has 1 heterocycles.